The molecule has 4 nitrogen and oxygen atoms in total. The van der Waals surface area contributed by atoms with Gasteiger partial charge in [0.05, 0.1) is 10.7 Å². The van der Waals surface area contributed by atoms with Crippen LogP contribution in [0.4, 0.5) is 16.2 Å². The lowest BCUT2D eigenvalue weighted by Crippen LogP contribution is -2.50. The fraction of sp³-hybridized carbons (Fsp3) is 0.316. The highest BCUT2D eigenvalue weighted by Crippen LogP contribution is 2.26. The van der Waals surface area contributed by atoms with Gasteiger partial charge in [-0.25, -0.2) is 4.79 Å². The van der Waals surface area contributed by atoms with Crippen LogP contribution in [0.1, 0.15) is 11.1 Å². The first-order valence-electron chi connectivity index (χ1n) is 8.17. The van der Waals surface area contributed by atoms with Crippen LogP contribution < -0.4 is 10.2 Å². The maximum atomic E-state index is 12.5. The molecular weight excluding hydrogens is 322 g/mol. The highest BCUT2D eigenvalue weighted by atomic mass is 35.5. The largest absolute Gasteiger partial charge is 0.367 e. The van der Waals surface area contributed by atoms with Crippen LogP contribution in [0.2, 0.25) is 5.02 Å². The number of nitrogens with one attached hydrogen (secondary N) is 1. The molecule has 2 aromatic rings. The molecule has 126 valence electrons. The Morgan fingerprint density at radius 3 is 2.46 bits per heavy atom. The number of halogens is 1. The van der Waals surface area contributed by atoms with Crippen molar-refractivity contribution in [1.29, 1.82) is 0 Å². The second kappa shape index (κ2) is 7.14. The fourth-order valence-corrected chi connectivity index (χ4v) is 3.18. The van der Waals surface area contributed by atoms with Crippen molar-refractivity contribution in [2.75, 3.05) is 36.4 Å². The monoisotopic (exact) mass is 343 g/mol. The summed E-state index contributed by atoms with van der Waals surface area (Å²) in [6, 6.07) is 13.9. The number of anilines is 2. The smallest absolute Gasteiger partial charge is 0.321 e. The third kappa shape index (κ3) is 3.65. The number of rotatable bonds is 2. The summed E-state index contributed by atoms with van der Waals surface area (Å²) in [7, 11) is 0. The van der Waals surface area contributed by atoms with E-state index in [4.69, 9.17) is 11.6 Å². The summed E-state index contributed by atoms with van der Waals surface area (Å²) in [5.41, 5.74) is 4.13. The first-order valence-corrected chi connectivity index (χ1v) is 8.55. The summed E-state index contributed by atoms with van der Waals surface area (Å²) in [6.45, 7) is 6.96. The molecule has 1 aliphatic rings. The second-order valence-electron chi connectivity index (χ2n) is 6.17. The van der Waals surface area contributed by atoms with E-state index in [9.17, 15) is 4.79 Å². The normalized spacial score (nSPS) is 14.6. The van der Waals surface area contributed by atoms with Crippen LogP contribution in [0.3, 0.4) is 0 Å². The number of nitrogens with zero attached hydrogens (tertiary/aromatic N) is 2. The number of hydrogen-bond donors (Lipinski definition) is 1. The SMILES string of the molecule is Cc1ccc(C)c(NC(=O)N2CCN(c3ccccc3Cl)CC2)c1. The number of hydrogen-bond acceptors (Lipinski definition) is 2. The van der Waals surface area contributed by atoms with Crippen molar-refractivity contribution in [3.63, 3.8) is 0 Å². The lowest BCUT2D eigenvalue weighted by molar-refractivity contribution is 0.208. The van der Waals surface area contributed by atoms with Crippen LogP contribution >= 0.6 is 11.6 Å². The Morgan fingerprint density at radius 2 is 1.75 bits per heavy atom. The number of para-hydroxylation sites is 1. The van der Waals surface area contributed by atoms with Crippen molar-refractivity contribution in [1.82, 2.24) is 4.90 Å². The molecule has 2 aromatic carbocycles. The molecule has 0 aliphatic carbocycles. The minimum absolute atomic E-state index is 0.0393. The van der Waals surface area contributed by atoms with Crippen LogP contribution in [-0.2, 0) is 0 Å². The number of aryl methyl sites for hydroxylation is 2. The van der Waals surface area contributed by atoms with E-state index in [1.165, 1.54) is 0 Å². The van der Waals surface area contributed by atoms with Gasteiger partial charge in [0.1, 0.15) is 0 Å². The van der Waals surface area contributed by atoms with E-state index in [0.29, 0.717) is 13.1 Å². The standard InChI is InChI=1S/C19H22ClN3O/c1-14-7-8-15(2)17(13-14)21-19(24)23-11-9-22(10-12-23)18-6-4-3-5-16(18)20/h3-8,13H,9-12H2,1-2H3,(H,21,24). The van der Waals surface area contributed by atoms with Crippen LogP contribution in [0.15, 0.2) is 42.5 Å². The van der Waals surface area contributed by atoms with Crippen molar-refractivity contribution < 1.29 is 4.79 Å². The number of urea groups is 1. The van der Waals surface area contributed by atoms with E-state index >= 15 is 0 Å². The first-order chi connectivity index (χ1) is 11.5. The predicted molar refractivity (Wildman–Crippen MR) is 100 cm³/mol. The summed E-state index contributed by atoms with van der Waals surface area (Å²) in [5, 5.41) is 3.78. The molecule has 0 atom stereocenters. The highest BCUT2D eigenvalue weighted by Gasteiger charge is 2.22. The maximum Gasteiger partial charge on any atom is 0.321 e. The highest BCUT2D eigenvalue weighted by molar-refractivity contribution is 6.33. The van der Waals surface area contributed by atoms with Gasteiger partial charge >= 0.3 is 6.03 Å². The van der Waals surface area contributed by atoms with Crippen molar-refractivity contribution in [2.45, 2.75) is 13.8 Å². The summed E-state index contributed by atoms with van der Waals surface area (Å²) in [6.07, 6.45) is 0. The van der Waals surface area contributed by atoms with Crippen molar-refractivity contribution >= 4 is 29.0 Å². The predicted octanol–water partition coefficient (Wildman–Crippen LogP) is 4.31. The van der Waals surface area contributed by atoms with Gasteiger partial charge in [-0.05, 0) is 43.2 Å². The molecule has 0 saturated carbocycles. The summed E-state index contributed by atoms with van der Waals surface area (Å²) in [5.74, 6) is 0. The Balaban J connectivity index is 1.61. The van der Waals surface area contributed by atoms with E-state index in [1.807, 2.05) is 61.2 Å². The Labute approximate surface area is 148 Å². The van der Waals surface area contributed by atoms with Crippen LogP contribution in [-0.4, -0.2) is 37.1 Å². The average molecular weight is 344 g/mol. The van der Waals surface area contributed by atoms with Crippen molar-refractivity contribution in [3.8, 4) is 0 Å². The van der Waals surface area contributed by atoms with Gasteiger partial charge in [0, 0.05) is 31.9 Å². The minimum Gasteiger partial charge on any atom is -0.367 e. The van der Waals surface area contributed by atoms with E-state index in [0.717, 1.165) is 40.6 Å². The van der Waals surface area contributed by atoms with E-state index < -0.39 is 0 Å². The molecular formula is C19H22ClN3O. The molecule has 0 radical (unpaired) electrons. The molecule has 0 unspecified atom stereocenters. The number of carbonyl (C=O) groups is 1. The summed E-state index contributed by atoms with van der Waals surface area (Å²) >= 11 is 6.26. The Bertz CT molecular complexity index is 739. The van der Waals surface area contributed by atoms with Crippen LogP contribution in [0, 0.1) is 13.8 Å². The van der Waals surface area contributed by atoms with Gasteiger partial charge < -0.3 is 15.1 Å². The lowest BCUT2D eigenvalue weighted by Gasteiger charge is -2.36. The van der Waals surface area contributed by atoms with Crippen molar-refractivity contribution in [2.24, 2.45) is 0 Å². The number of benzene rings is 2. The van der Waals surface area contributed by atoms with Gasteiger partial charge in [0.15, 0.2) is 0 Å². The number of carbonyl (C=O) groups excluding carboxylic acids is 1. The first kappa shape index (κ1) is 16.7. The van der Waals surface area contributed by atoms with Crippen molar-refractivity contribution in [3.05, 3.63) is 58.6 Å². The molecule has 0 spiro atoms. The minimum atomic E-state index is -0.0393. The topological polar surface area (TPSA) is 35.6 Å². The molecule has 1 aliphatic heterocycles. The molecule has 0 bridgehead atoms. The third-order valence-electron chi connectivity index (χ3n) is 4.39. The molecule has 5 heteroatoms. The molecule has 1 heterocycles. The summed E-state index contributed by atoms with van der Waals surface area (Å²) in [4.78, 5) is 16.6. The average Bonchev–Trinajstić information content (AvgIpc) is 2.59. The maximum absolute atomic E-state index is 12.5. The lowest BCUT2D eigenvalue weighted by atomic mass is 10.1. The van der Waals surface area contributed by atoms with E-state index in [1.54, 1.807) is 0 Å². The molecule has 3 rings (SSSR count). The molecule has 1 fully saturated rings. The second-order valence-corrected chi connectivity index (χ2v) is 6.58. The van der Waals surface area contributed by atoms with Gasteiger partial charge in [-0.2, -0.15) is 0 Å². The van der Waals surface area contributed by atoms with E-state index in [2.05, 4.69) is 10.2 Å². The third-order valence-corrected chi connectivity index (χ3v) is 4.71. The molecule has 2 amide bonds. The quantitative estimate of drug-likeness (QED) is 0.881. The molecule has 1 saturated heterocycles. The summed E-state index contributed by atoms with van der Waals surface area (Å²) < 4.78 is 0. The van der Waals surface area contributed by atoms with Gasteiger partial charge in [-0.1, -0.05) is 35.9 Å². The zero-order valence-corrected chi connectivity index (χ0v) is 14.8. The van der Waals surface area contributed by atoms with Gasteiger partial charge in [-0.15, -0.1) is 0 Å². The van der Waals surface area contributed by atoms with Gasteiger partial charge in [0.25, 0.3) is 0 Å². The Kier molecular flexibility index (Phi) is 4.95. The fourth-order valence-electron chi connectivity index (χ4n) is 2.92. The number of piperazine rings is 1. The molecule has 0 aromatic heterocycles. The van der Waals surface area contributed by atoms with Gasteiger partial charge in [-0.3, -0.25) is 0 Å². The van der Waals surface area contributed by atoms with Crippen LogP contribution in [0.25, 0.3) is 0 Å². The van der Waals surface area contributed by atoms with E-state index in [-0.39, 0.29) is 6.03 Å². The molecule has 24 heavy (non-hydrogen) atoms. The zero-order chi connectivity index (χ0) is 17.1. The molecule has 1 N–H and O–H groups in total. The zero-order valence-electron chi connectivity index (χ0n) is 14.1. The Morgan fingerprint density at radius 1 is 1.04 bits per heavy atom. The van der Waals surface area contributed by atoms with Crippen LogP contribution in [0.5, 0.6) is 0 Å². The van der Waals surface area contributed by atoms with Gasteiger partial charge in [0.2, 0.25) is 0 Å². The Hall–Kier alpha value is -2.20. The number of amides is 2.